The fourth-order valence-corrected chi connectivity index (χ4v) is 4.25. The van der Waals surface area contributed by atoms with Crippen molar-refractivity contribution in [2.75, 3.05) is 48.8 Å². The quantitative estimate of drug-likeness (QED) is 0.821. The molecule has 0 bridgehead atoms. The van der Waals surface area contributed by atoms with Crippen LogP contribution >= 0.6 is 0 Å². The molecule has 0 saturated carbocycles. The van der Waals surface area contributed by atoms with Gasteiger partial charge in [0.2, 0.25) is 0 Å². The molecular weight excluding hydrogens is 336 g/mol. The fraction of sp³-hybridized carbons (Fsp3) is 0.368. The summed E-state index contributed by atoms with van der Waals surface area (Å²) >= 11 is 0. The monoisotopic (exact) mass is 360 g/mol. The van der Waals surface area contributed by atoms with Crippen molar-refractivity contribution in [2.24, 2.45) is 0 Å². The Bertz CT molecular complexity index is 811. The van der Waals surface area contributed by atoms with Crippen molar-refractivity contribution >= 4 is 21.2 Å². The summed E-state index contributed by atoms with van der Waals surface area (Å²) in [6.07, 6.45) is 0. The van der Waals surface area contributed by atoms with Gasteiger partial charge in [-0.15, -0.1) is 0 Å². The predicted octanol–water partition coefficient (Wildman–Crippen LogP) is 2.82. The maximum Gasteiger partial charge on any atom is 0.180 e. The molecule has 134 valence electrons. The van der Waals surface area contributed by atoms with Gasteiger partial charge >= 0.3 is 0 Å². The van der Waals surface area contributed by atoms with Crippen LogP contribution in [0.15, 0.2) is 53.4 Å². The molecule has 1 heterocycles. The van der Waals surface area contributed by atoms with Gasteiger partial charge in [0, 0.05) is 31.9 Å². The molecule has 0 amide bonds. The zero-order chi connectivity index (χ0) is 17.9. The maximum absolute atomic E-state index is 12.4. The number of piperazine rings is 1. The number of ether oxygens (including phenoxy) is 1. The van der Waals surface area contributed by atoms with Crippen LogP contribution in [-0.2, 0) is 9.84 Å². The predicted molar refractivity (Wildman–Crippen MR) is 102 cm³/mol. The Morgan fingerprint density at radius 3 is 2.12 bits per heavy atom. The Kier molecular flexibility index (Phi) is 5.18. The van der Waals surface area contributed by atoms with Crippen molar-refractivity contribution < 1.29 is 13.2 Å². The standard InChI is InChI=1S/C19H24N2O3S/c1-3-25(22,23)19-7-5-4-6-18(19)21-14-12-20(13-15-21)16-8-10-17(24-2)11-9-16/h4-11H,3,12-15H2,1-2H3. The summed E-state index contributed by atoms with van der Waals surface area (Å²) in [6, 6.07) is 15.4. The first-order chi connectivity index (χ1) is 12.0. The van der Waals surface area contributed by atoms with E-state index in [1.54, 1.807) is 26.2 Å². The van der Waals surface area contributed by atoms with Crippen LogP contribution in [0, 0.1) is 0 Å². The normalized spacial score (nSPS) is 15.3. The molecule has 5 nitrogen and oxygen atoms in total. The van der Waals surface area contributed by atoms with E-state index in [4.69, 9.17) is 4.74 Å². The van der Waals surface area contributed by atoms with Crippen molar-refractivity contribution in [2.45, 2.75) is 11.8 Å². The first kappa shape index (κ1) is 17.6. The highest BCUT2D eigenvalue weighted by Crippen LogP contribution is 2.28. The van der Waals surface area contributed by atoms with E-state index in [9.17, 15) is 8.42 Å². The zero-order valence-corrected chi connectivity index (χ0v) is 15.5. The lowest BCUT2D eigenvalue weighted by molar-refractivity contribution is 0.415. The Labute approximate surface area is 149 Å². The lowest BCUT2D eigenvalue weighted by Gasteiger charge is -2.38. The third-order valence-corrected chi connectivity index (χ3v) is 6.41. The Balaban J connectivity index is 1.74. The van der Waals surface area contributed by atoms with E-state index in [0.29, 0.717) is 4.90 Å². The van der Waals surface area contributed by atoms with E-state index in [-0.39, 0.29) is 5.75 Å². The van der Waals surface area contributed by atoms with E-state index in [2.05, 4.69) is 21.9 Å². The summed E-state index contributed by atoms with van der Waals surface area (Å²) in [4.78, 5) is 4.92. The van der Waals surface area contributed by atoms with Crippen LogP contribution < -0.4 is 14.5 Å². The van der Waals surface area contributed by atoms with Crippen molar-refractivity contribution in [3.63, 3.8) is 0 Å². The number of benzene rings is 2. The number of hydrogen-bond donors (Lipinski definition) is 0. The minimum atomic E-state index is -3.22. The maximum atomic E-state index is 12.4. The summed E-state index contributed by atoms with van der Waals surface area (Å²) in [5.41, 5.74) is 1.98. The van der Waals surface area contributed by atoms with Gasteiger partial charge in [-0.1, -0.05) is 19.1 Å². The highest BCUT2D eigenvalue weighted by molar-refractivity contribution is 7.91. The molecule has 0 N–H and O–H groups in total. The minimum absolute atomic E-state index is 0.121. The van der Waals surface area contributed by atoms with Gasteiger partial charge < -0.3 is 14.5 Å². The van der Waals surface area contributed by atoms with Crippen LogP contribution in [0.1, 0.15) is 6.92 Å². The van der Waals surface area contributed by atoms with Crippen molar-refractivity contribution in [1.29, 1.82) is 0 Å². The number of anilines is 2. The molecule has 2 aromatic carbocycles. The smallest absolute Gasteiger partial charge is 0.180 e. The molecule has 6 heteroatoms. The third kappa shape index (κ3) is 3.74. The average Bonchev–Trinajstić information content (AvgIpc) is 2.68. The molecule has 2 aromatic rings. The highest BCUT2D eigenvalue weighted by Gasteiger charge is 2.23. The lowest BCUT2D eigenvalue weighted by atomic mass is 10.2. The van der Waals surface area contributed by atoms with E-state index >= 15 is 0 Å². The molecule has 0 atom stereocenters. The molecule has 1 saturated heterocycles. The summed E-state index contributed by atoms with van der Waals surface area (Å²) in [5, 5.41) is 0. The van der Waals surface area contributed by atoms with Crippen molar-refractivity contribution in [3.05, 3.63) is 48.5 Å². The van der Waals surface area contributed by atoms with E-state index in [1.165, 1.54) is 0 Å². The summed E-state index contributed by atoms with van der Waals surface area (Å²) in [5.74, 6) is 0.969. The Morgan fingerprint density at radius 1 is 0.920 bits per heavy atom. The second kappa shape index (κ2) is 7.35. The zero-order valence-electron chi connectivity index (χ0n) is 14.7. The lowest BCUT2D eigenvalue weighted by Crippen LogP contribution is -2.46. The molecule has 0 aliphatic carbocycles. The van der Waals surface area contributed by atoms with Crippen molar-refractivity contribution in [3.8, 4) is 5.75 Å². The topological polar surface area (TPSA) is 49.9 Å². The van der Waals surface area contributed by atoms with Gasteiger partial charge in [0.25, 0.3) is 0 Å². The Hall–Kier alpha value is -2.21. The van der Waals surface area contributed by atoms with Gasteiger partial charge in [0.15, 0.2) is 9.84 Å². The molecule has 0 spiro atoms. The first-order valence-corrected chi connectivity index (χ1v) is 10.2. The highest BCUT2D eigenvalue weighted by atomic mass is 32.2. The molecule has 1 fully saturated rings. The van der Waals surface area contributed by atoms with Crippen LogP contribution in [-0.4, -0.2) is 47.5 Å². The molecule has 25 heavy (non-hydrogen) atoms. The van der Waals surface area contributed by atoms with Crippen LogP contribution in [0.5, 0.6) is 5.75 Å². The SMILES string of the molecule is CCS(=O)(=O)c1ccccc1N1CCN(c2ccc(OC)cc2)CC1. The van der Waals surface area contributed by atoms with Gasteiger partial charge in [0.05, 0.1) is 23.4 Å². The molecule has 1 aliphatic rings. The number of rotatable bonds is 5. The van der Waals surface area contributed by atoms with Gasteiger partial charge in [-0.25, -0.2) is 8.42 Å². The second-order valence-corrected chi connectivity index (χ2v) is 8.29. The largest absolute Gasteiger partial charge is 0.497 e. The summed E-state index contributed by atoms with van der Waals surface area (Å²) in [6.45, 7) is 4.98. The van der Waals surface area contributed by atoms with E-state index < -0.39 is 9.84 Å². The fourth-order valence-electron chi connectivity index (χ4n) is 3.14. The van der Waals surface area contributed by atoms with E-state index in [0.717, 1.165) is 43.3 Å². The van der Waals surface area contributed by atoms with Crippen LogP contribution in [0.2, 0.25) is 0 Å². The van der Waals surface area contributed by atoms with Gasteiger partial charge in [0.1, 0.15) is 5.75 Å². The van der Waals surface area contributed by atoms with Crippen molar-refractivity contribution in [1.82, 2.24) is 0 Å². The molecule has 3 rings (SSSR count). The molecule has 0 aromatic heterocycles. The second-order valence-electron chi connectivity index (χ2n) is 6.04. The first-order valence-electron chi connectivity index (χ1n) is 8.51. The third-order valence-electron chi connectivity index (χ3n) is 4.64. The summed E-state index contributed by atoms with van der Waals surface area (Å²) in [7, 11) is -1.56. The van der Waals surface area contributed by atoms with Gasteiger partial charge in [-0.2, -0.15) is 0 Å². The number of sulfone groups is 1. The molecule has 0 unspecified atom stereocenters. The van der Waals surface area contributed by atoms with E-state index in [1.807, 2.05) is 24.3 Å². The number of hydrogen-bond acceptors (Lipinski definition) is 5. The number of para-hydroxylation sites is 1. The minimum Gasteiger partial charge on any atom is -0.497 e. The molecule has 0 radical (unpaired) electrons. The molecular formula is C19H24N2O3S. The number of nitrogens with zero attached hydrogens (tertiary/aromatic N) is 2. The van der Waals surface area contributed by atoms with Gasteiger partial charge in [-0.05, 0) is 36.4 Å². The summed E-state index contributed by atoms with van der Waals surface area (Å²) < 4.78 is 29.9. The molecule has 1 aliphatic heterocycles. The van der Waals surface area contributed by atoms with Crippen LogP contribution in [0.4, 0.5) is 11.4 Å². The van der Waals surface area contributed by atoms with Crippen LogP contribution in [0.25, 0.3) is 0 Å². The number of methoxy groups -OCH3 is 1. The Morgan fingerprint density at radius 2 is 1.52 bits per heavy atom. The van der Waals surface area contributed by atoms with Gasteiger partial charge in [-0.3, -0.25) is 0 Å². The van der Waals surface area contributed by atoms with Crippen LogP contribution in [0.3, 0.4) is 0 Å². The average molecular weight is 360 g/mol.